The third-order valence-electron chi connectivity index (χ3n) is 10.8. The van der Waals surface area contributed by atoms with Crippen LogP contribution in [-0.2, 0) is 45.0 Å². The Labute approximate surface area is 409 Å². The molecule has 6 aromatic rings. The van der Waals surface area contributed by atoms with Gasteiger partial charge in [-0.3, -0.25) is 0 Å². The fraction of sp³-hybridized carbons (Fsp3) is 0.137. The van der Waals surface area contributed by atoms with E-state index in [1.807, 2.05) is 90.4 Å². The van der Waals surface area contributed by atoms with E-state index in [9.17, 15) is 22.8 Å². The molecular formula is C51H41N5O9S4. The zero-order valence-electron chi connectivity index (χ0n) is 37.4. The van der Waals surface area contributed by atoms with Crippen LogP contribution in [0, 0.1) is 0 Å². The Kier molecular flexibility index (Phi) is 13.6. The van der Waals surface area contributed by atoms with E-state index in [0.29, 0.717) is 33.7 Å². The summed E-state index contributed by atoms with van der Waals surface area (Å²) in [6.45, 7) is 2.15. The van der Waals surface area contributed by atoms with Gasteiger partial charge in [-0.05, 0) is 107 Å². The average molecular weight is 996 g/mol. The molecule has 9 rings (SSSR count). The molecule has 0 radical (unpaired) electrons. The molecule has 0 aliphatic carbocycles. The third-order valence-corrected chi connectivity index (χ3v) is 15.7. The highest BCUT2D eigenvalue weighted by molar-refractivity contribution is 7.89. The Bertz CT molecular complexity index is 3340. The maximum absolute atomic E-state index is 14.2. The maximum Gasteiger partial charge on any atom is 0.364 e. The van der Waals surface area contributed by atoms with Crippen molar-refractivity contribution in [1.29, 1.82) is 0 Å². The van der Waals surface area contributed by atoms with Crippen LogP contribution in [0.15, 0.2) is 157 Å². The van der Waals surface area contributed by atoms with Crippen LogP contribution in [0.3, 0.4) is 0 Å². The van der Waals surface area contributed by atoms with Crippen molar-refractivity contribution in [2.75, 3.05) is 39.2 Å². The summed E-state index contributed by atoms with van der Waals surface area (Å²) in [5.41, 5.74) is 3.71. The zero-order chi connectivity index (χ0) is 48.2. The van der Waals surface area contributed by atoms with E-state index in [1.165, 1.54) is 57.6 Å². The molecule has 3 aliphatic rings. The molecule has 0 fully saturated rings. The molecule has 14 nitrogen and oxygen atoms in total. The van der Waals surface area contributed by atoms with Crippen molar-refractivity contribution < 1.29 is 41.7 Å². The molecule has 18 heteroatoms. The first kappa shape index (κ1) is 46.7. The van der Waals surface area contributed by atoms with E-state index >= 15 is 0 Å². The highest BCUT2D eigenvalue weighted by Crippen LogP contribution is 2.37. The Morgan fingerprint density at radius 2 is 1.51 bits per heavy atom. The van der Waals surface area contributed by atoms with E-state index in [-0.39, 0.29) is 58.3 Å². The number of cyclic esters (lactones) is 3. The first-order chi connectivity index (χ1) is 33.4. The quantitative estimate of drug-likeness (QED) is 0.0518. The molecule has 0 atom stereocenters. The lowest BCUT2D eigenvalue weighted by molar-refractivity contribution is -0.130. The van der Waals surface area contributed by atoms with Gasteiger partial charge >= 0.3 is 17.9 Å². The van der Waals surface area contributed by atoms with Crippen molar-refractivity contribution in [2.24, 2.45) is 15.0 Å². The molecule has 0 bridgehead atoms. The van der Waals surface area contributed by atoms with E-state index in [2.05, 4.69) is 15.0 Å². The summed E-state index contributed by atoms with van der Waals surface area (Å²) in [6, 6.07) is 30.3. The number of sulfonamides is 1. The number of hydrogen-bond acceptors (Lipinski definition) is 16. The molecule has 0 unspecified atom stereocenters. The maximum atomic E-state index is 14.2. The van der Waals surface area contributed by atoms with Crippen LogP contribution in [0.1, 0.15) is 49.4 Å². The summed E-state index contributed by atoms with van der Waals surface area (Å²) in [6.07, 6.45) is 7.17. The number of esters is 3. The molecule has 0 saturated carbocycles. The fourth-order valence-corrected chi connectivity index (χ4v) is 11.2. The molecule has 0 saturated heterocycles. The number of anilines is 1. The number of carbonyl (C=O) groups is 3. The first-order valence-electron chi connectivity index (χ1n) is 21.4. The van der Waals surface area contributed by atoms with Gasteiger partial charge in [0, 0.05) is 59.0 Å². The van der Waals surface area contributed by atoms with E-state index in [1.54, 1.807) is 61.6 Å². The fourth-order valence-electron chi connectivity index (χ4n) is 7.42. The number of nitrogens with zero attached hydrogens (tertiary/aromatic N) is 5. The lowest BCUT2D eigenvalue weighted by Gasteiger charge is -2.21. The van der Waals surface area contributed by atoms with Gasteiger partial charge in [0.05, 0.1) is 22.6 Å². The van der Waals surface area contributed by atoms with Gasteiger partial charge in [-0.2, -0.15) is 4.31 Å². The Morgan fingerprint density at radius 1 is 0.739 bits per heavy atom. The molecule has 0 spiro atoms. The number of thiophene rings is 3. The number of likely N-dealkylation sites (N-methyl/N-ethyl adjacent to an activating group) is 1. The van der Waals surface area contributed by atoms with Crippen LogP contribution in [0.4, 0.5) is 5.00 Å². The number of methoxy groups -OCH3 is 1. The zero-order valence-corrected chi connectivity index (χ0v) is 40.7. The summed E-state index contributed by atoms with van der Waals surface area (Å²) in [7, 11) is 1.35. The summed E-state index contributed by atoms with van der Waals surface area (Å²) >= 11 is 4.38. The number of aliphatic imine (C=N–C) groups is 3. The van der Waals surface area contributed by atoms with E-state index in [0.717, 1.165) is 25.9 Å². The molecule has 6 heterocycles. The van der Waals surface area contributed by atoms with Gasteiger partial charge in [-0.15, -0.1) is 34.0 Å². The van der Waals surface area contributed by atoms with Gasteiger partial charge in [0.25, 0.3) is 0 Å². The van der Waals surface area contributed by atoms with Crippen molar-refractivity contribution in [3.05, 3.63) is 180 Å². The van der Waals surface area contributed by atoms with Gasteiger partial charge in [-0.1, -0.05) is 55.5 Å². The average Bonchev–Trinajstić information content (AvgIpc) is 4.23. The highest BCUT2D eigenvalue weighted by Gasteiger charge is 2.33. The summed E-state index contributed by atoms with van der Waals surface area (Å²) in [5, 5.41) is 4.79. The number of ether oxygens (including phenoxy) is 4. The molecule has 3 aromatic heterocycles. The van der Waals surface area contributed by atoms with Crippen LogP contribution >= 0.6 is 34.0 Å². The first-order valence-corrected chi connectivity index (χ1v) is 25.4. The minimum absolute atomic E-state index is 0.00241. The summed E-state index contributed by atoms with van der Waals surface area (Å²) < 4.78 is 52.2. The van der Waals surface area contributed by atoms with Crippen LogP contribution in [-0.4, -0.2) is 82.6 Å². The second kappa shape index (κ2) is 20.1. The molecule has 3 aromatic carbocycles. The molecule has 0 amide bonds. The molecule has 69 heavy (non-hydrogen) atoms. The Hall–Kier alpha value is -7.35. The number of rotatable bonds is 16. The Morgan fingerprint density at radius 3 is 2.26 bits per heavy atom. The molecular weight excluding hydrogens is 955 g/mol. The van der Waals surface area contributed by atoms with E-state index < -0.39 is 27.9 Å². The standard InChI is InChI=1S/C51H41N5O9S4/c1-5-56(23-22-32-11-6-10-31(26-32)16-20-43-52-39(49(57)63-43)29-35-13-8-24-66-35)69(60,61)37-14-7-12-34(27-37)47-54-46(51(59)64-47)45(42-15-9-25-67-42)33-17-19-41(62-4)38(28-33)48-53-40(50(58)65-48)30-36-18-21-44(68-36)55(2)3/h6-21,24-30H,5,22-23H2,1-4H3/b20-16+,39-29+,40-30-,46-45+. The van der Waals surface area contributed by atoms with Gasteiger partial charge in [0.15, 0.2) is 17.1 Å². The van der Waals surface area contributed by atoms with Gasteiger partial charge in [0.2, 0.25) is 27.7 Å². The molecule has 348 valence electrons. The van der Waals surface area contributed by atoms with Crippen molar-refractivity contribution in [3.63, 3.8) is 0 Å². The topological polar surface area (TPSA) is 166 Å². The van der Waals surface area contributed by atoms with Crippen LogP contribution in [0.2, 0.25) is 0 Å². The highest BCUT2D eigenvalue weighted by atomic mass is 32.2. The van der Waals surface area contributed by atoms with Crippen LogP contribution in [0.25, 0.3) is 23.8 Å². The lowest BCUT2D eigenvalue weighted by atomic mass is 9.99. The number of carbonyl (C=O) groups excluding carboxylic acids is 3. The van der Waals surface area contributed by atoms with Crippen LogP contribution < -0.4 is 9.64 Å². The monoisotopic (exact) mass is 995 g/mol. The largest absolute Gasteiger partial charge is 0.496 e. The Balaban J connectivity index is 0.950. The summed E-state index contributed by atoms with van der Waals surface area (Å²) in [5.74, 6) is -1.34. The van der Waals surface area contributed by atoms with Crippen molar-refractivity contribution in [1.82, 2.24) is 4.31 Å². The minimum atomic E-state index is -4.02. The second-order valence-corrected chi connectivity index (χ2v) is 20.5. The smallest absolute Gasteiger partial charge is 0.364 e. The number of benzene rings is 3. The van der Waals surface area contributed by atoms with Crippen molar-refractivity contribution in [2.45, 2.75) is 18.2 Å². The lowest BCUT2D eigenvalue weighted by Crippen LogP contribution is -2.33. The van der Waals surface area contributed by atoms with E-state index in [4.69, 9.17) is 18.9 Å². The SMILES string of the molecule is CCN(CCc1cccc(/C=C/C2=NC(=C/c3cccs3)/C(=O)O2)c1)S(=O)(=O)c1cccc(C2=N/C(=C(\c3ccc(OC)c(C4=N/C(=C\c5ccc(N(C)C)s5)C(=O)O4)c3)c3cccs3)C(=O)O2)c1. The third kappa shape index (κ3) is 10.3. The molecule has 3 aliphatic heterocycles. The predicted molar refractivity (Wildman–Crippen MR) is 271 cm³/mol. The predicted octanol–water partition coefficient (Wildman–Crippen LogP) is 9.32. The summed E-state index contributed by atoms with van der Waals surface area (Å²) in [4.78, 5) is 57.2. The van der Waals surface area contributed by atoms with Crippen LogP contribution in [0.5, 0.6) is 5.75 Å². The normalized spacial score (nSPS) is 16.8. The molecule has 0 N–H and O–H groups in total. The van der Waals surface area contributed by atoms with Gasteiger partial charge in [0.1, 0.15) is 5.75 Å². The van der Waals surface area contributed by atoms with Crippen molar-refractivity contribution in [3.8, 4) is 5.75 Å². The van der Waals surface area contributed by atoms with Gasteiger partial charge < -0.3 is 23.8 Å². The minimum Gasteiger partial charge on any atom is -0.496 e. The number of hydrogen-bond donors (Lipinski definition) is 0. The van der Waals surface area contributed by atoms with Gasteiger partial charge in [-0.25, -0.2) is 37.8 Å². The van der Waals surface area contributed by atoms with Crippen molar-refractivity contribution >= 4 is 108 Å². The second-order valence-electron chi connectivity index (χ2n) is 15.6.